The zero-order valence-electron chi connectivity index (χ0n) is 9.49. The first-order valence-corrected chi connectivity index (χ1v) is 6.70. The van der Waals surface area contributed by atoms with Crippen molar-refractivity contribution in [1.82, 2.24) is 0 Å². The van der Waals surface area contributed by atoms with Crippen molar-refractivity contribution in [2.24, 2.45) is 0 Å². The summed E-state index contributed by atoms with van der Waals surface area (Å²) in [6, 6.07) is 0. The standard InChI is InChI=1S/C13H16O2S/c1-9-7-10(14)8-12(13(9)15)16-11-5-3-2-4-6-11/h7-8,11H,2-6H2,1H3. The van der Waals surface area contributed by atoms with Crippen LogP contribution in [0.4, 0.5) is 0 Å². The summed E-state index contributed by atoms with van der Waals surface area (Å²) < 4.78 is 0. The average Bonchev–Trinajstić information content (AvgIpc) is 2.27. The van der Waals surface area contributed by atoms with Gasteiger partial charge >= 0.3 is 0 Å². The molecule has 2 nitrogen and oxygen atoms in total. The topological polar surface area (TPSA) is 34.1 Å². The summed E-state index contributed by atoms with van der Waals surface area (Å²) in [5.41, 5.74) is 0.575. The molecule has 2 rings (SSSR count). The van der Waals surface area contributed by atoms with Gasteiger partial charge in [0, 0.05) is 16.9 Å². The quantitative estimate of drug-likeness (QED) is 0.691. The first kappa shape index (κ1) is 11.6. The van der Waals surface area contributed by atoms with E-state index in [4.69, 9.17) is 0 Å². The van der Waals surface area contributed by atoms with Gasteiger partial charge in [-0.2, -0.15) is 0 Å². The summed E-state index contributed by atoms with van der Waals surface area (Å²) in [4.78, 5) is 23.8. The Morgan fingerprint density at radius 3 is 2.50 bits per heavy atom. The van der Waals surface area contributed by atoms with Crippen LogP contribution in [0.2, 0.25) is 0 Å². The van der Waals surface area contributed by atoms with E-state index in [1.54, 1.807) is 18.7 Å². The largest absolute Gasteiger partial charge is 0.290 e. The van der Waals surface area contributed by atoms with E-state index in [0.717, 1.165) is 0 Å². The molecule has 0 atom stereocenters. The molecule has 0 aromatic rings. The summed E-state index contributed by atoms with van der Waals surface area (Å²) in [6.45, 7) is 1.72. The fourth-order valence-electron chi connectivity index (χ4n) is 2.16. The van der Waals surface area contributed by atoms with Crippen molar-refractivity contribution in [3.8, 4) is 0 Å². The molecule has 3 heteroatoms. The highest BCUT2D eigenvalue weighted by Gasteiger charge is 2.23. The lowest BCUT2D eigenvalue weighted by atomic mass is 10.0. The van der Waals surface area contributed by atoms with Gasteiger partial charge in [0.15, 0.2) is 11.6 Å². The SMILES string of the molecule is CC1=CC(=O)C=C(SC2CCCCC2)C1=O. The number of rotatable bonds is 2. The second kappa shape index (κ2) is 5.00. The van der Waals surface area contributed by atoms with E-state index in [0.29, 0.717) is 15.7 Å². The molecular formula is C13H16O2S. The highest BCUT2D eigenvalue weighted by atomic mass is 32.2. The van der Waals surface area contributed by atoms with E-state index in [1.807, 2.05) is 0 Å². The molecule has 0 amide bonds. The Balaban J connectivity index is 2.03. The fraction of sp³-hybridized carbons (Fsp3) is 0.538. The lowest BCUT2D eigenvalue weighted by molar-refractivity contribution is -0.114. The van der Waals surface area contributed by atoms with Crippen LogP contribution in [0, 0.1) is 0 Å². The summed E-state index contributed by atoms with van der Waals surface area (Å²) >= 11 is 1.61. The maximum absolute atomic E-state index is 11.8. The molecule has 0 aliphatic heterocycles. The van der Waals surface area contributed by atoms with Crippen LogP contribution in [-0.2, 0) is 9.59 Å². The molecule has 1 saturated carbocycles. The third kappa shape index (κ3) is 2.64. The van der Waals surface area contributed by atoms with E-state index in [2.05, 4.69) is 0 Å². The van der Waals surface area contributed by atoms with Gasteiger partial charge in [0.05, 0.1) is 4.91 Å². The maximum atomic E-state index is 11.8. The molecule has 0 aromatic carbocycles. The molecule has 2 aliphatic carbocycles. The van der Waals surface area contributed by atoms with Crippen LogP contribution in [-0.4, -0.2) is 16.8 Å². The minimum Gasteiger partial charge on any atom is -0.290 e. The molecule has 0 unspecified atom stereocenters. The Labute approximate surface area is 100 Å². The molecule has 0 N–H and O–H groups in total. The van der Waals surface area contributed by atoms with Crippen LogP contribution in [0.5, 0.6) is 0 Å². The van der Waals surface area contributed by atoms with Gasteiger partial charge in [-0.3, -0.25) is 9.59 Å². The molecule has 86 valence electrons. The highest BCUT2D eigenvalue weighted by Crippen LogP contribution is 2.35. The molecule has 0 heterocycles. The van der Waals surface area contributed by atoms with Gasteiger partial charge in [0.2, 0.25) is 0 Å². The van der Waals surface area contributed by atoms with Crippen molar-refractivity contribution in [3.63, 3.8) is 0 Å². The van der Waals surface area contributed by atoms with E-state index in [1.165, 1.54) is 44.3 Å². The number of ketones is 2. The molecule has 0 aromatic heterocycles. The first-order chi connectivity index (χ1) is 7.66. The zero-order valence-corrected chi connectivity index (χ0v) is 10.3. The lowest BCUT2D eigenvalue weighted by Crippen LogP contribution is -2.15. The van der Waals surface area contributed by atoms with E-state index in [-0.39, 0.29) is 11.6 Å². The van der Waals surface area contributed by atoms with Crippen LogP contribution in [0.25, 0.3) is 0 Å². The van der Waals surface area contributed by atoms with Gasteiger partial charge in [-0.1, -0.05) is 19.3 Å². The molecule has 16 heavy (non-hydrogen) atoms. The lowest BCUT2D eigenvalue weighted by Gasteiger charge is -2.22. The predicted molar refractivity (Wildman–Crippen MR) is 66.3 cm³/mol. The second-order valence-electron chi connectivity index (χ2n) is 4.45. The van der Waals surface area contributed by atoms with Crippen molar-refractivity contribution < 1.29 is 9.59 Å². The highest BCUT2D eigenvalue weighted by molar-refractivity contribution is 8.04. The monoisotopic (exact) mass is 236 g/mol. The van der Waals surface area contributed by atoms with Crippen LogP contribution >= 0.6 is 11.8 Å². The Hall–Kier alpha value is -0.830. The van der Waals surface area contributed by atoms with Crippen molar-refractivity contribution in [1.29, 1.82) is 0 Å². The van der Waals surface area contributed by atoms with Gasteiger partial charge in [-0.15, -0.1) is 11.8 Å². The van der Waals surface area contributed by atoms with E-state index >= 15 is 0 Å². The molecule has 1 fully saturated rings. The summed E-state index contributed by atoms with van der Waals surface area (Å²) in [5, 5.41) is 0.530. The van der Waals surface area contributed by atoms with Crippen molar-refractivity contribution in [2.75, 3.05) is 0 Å². The molecule has 0 radical (unpaired) electrons. The van der Waals surface area contributed by atoms with Crippen molar-refractivity contribution >= 4 is 23.3 Å². The second-order valence-corrected chi connectivity index (χ2v) is 5.79. The van der Waals surface area contributed by atoms with Crippen LogP contribution in [0.15, 0.2) is 22.6 Å². The number of hydrogen-bond donors (Lipinski definition) is 0. The van der Waals surface area contributed by atoms with Gasteiger partial charge in [-0.05, 0) is 25.8 Å². The average molecular weight is 236 g/mol. The number of hydrogen-bond acceptors (Lipinski definition) is 3. The minimum absolute atomic E-state index is 0.0372. The number of carbonyl (C=O) groups is 2. The number of carbonyl (C=O) groups excluding carboxylic acids is 2. The zero-order chi connectivity index (χ0) is 11.5. The van der Waals surface area contributed by atoms with Crippen molar-refractivity contribution in [3.05, 3.63) is 22.6 Å². The predicted octanol–water partition coefficient (Wildman–Crippen LogP) is 3.03. The fourth-order valence-corrected chi connectivity index (χ4v) is 3.54. The Morgan fingerprint density at radius 2 is 1.81 bits per heavy atom. The minimum atomic E-state index is -0.0459. The maximum Gasteiger partial charge on any atom is 0.195 e. The van der Waals surface area contributed by atoms with Gasteiger partial charge in [0.25, 0.3) is 0 Å². The third-order valence-corrected chi connectivity index (χ3v) is 4.42. The van der Waals surface area contributed by atoms with Crippen LogP contribution < -0.4 is 0 Å². The summed E-state index contributed by atoms with van der Waals surface area (Å²) in [7, 11) is 0. The normalized spacial score (nSPS) is 23.1. The van der Waals surface area contributed by atoms with Crippen LogP contribution in [0.1, 0.15) is 39.0 Å². The van der Waals surface area contributed by atoms with Gasteiger partial charge < -0.3 is 0 Å². The Morgan fingerprint density at radius 1 is 1.12 bits per heavy atom. The number of thioether (sulfide) groups is 1. The smallest absolute Gasteiger partial charge is 0.195 e. The number of allylic oxidation sites excluding steroid dienone is 4. The molecular weight excluding hydrogens is 220 g/mol. The van der Waals surface area contributed by atoms with Crippen molar-refractivity contribution in [2.45, 2.75) is 44.3 Å². The first-order valence-electron chi connectivity index (χ1n) is 5.82. The molecule has 2 aliphatic rings. The summed E-state index contributed by atoms with van der Waals surface area (Å²) in [6.07, 6.45) is 9.08. The Kier molecular flexibility index (Phi) is 3.64. The van der Waals surface area contributed by atoms with E-state index in [9.17, 15) is 9.59 Å². The van der Waals surface area contributed by atoms with Crippen LogP contribution in [0.3, 0.4) is 0 Å². The number of Topliss-reactive ketones (excluding diaryl/α,β-unsaturated/α-hetero) is 1. The molecule has 0 bridgehead atoms. The molecule has 0 saturated heterocycles. The van der Waals surface area contributed by atoms with E-state index < -0.39 is 0 Å². The van der Waals surface area contributed by atoms with Gasteiger partial charge in [0.1, 0.15) is 0 Å². The molecule has 0 spiro atoms. The third-order valence-electron chi connectivity index (χ3n) is 3.06. The Bertz CT molecular complexity index is 373. The summed E-state index contributed by atoms with van der Waals surface area (Å²) in [5.74, 6) is -0.00872. The van der Waals surface area contributed by atoms with Gasteiger partial charge in [-0.25, -0.2) is 0 Å².